The van der Waals surface area contributed by atoms with Crippen LogP contribution in [0.5, 0.6) is 17.2 Å². The maximum atomic E-state index is 13.2. The van der Waals surface area contributed by atoms with Gasteiger partial charge in [0.1, 0.15) is 17.2 Å². The number of carbonyl (C=O) groups is 1. The predicted molar refractivity (Wildman–Crippen MR) is 151 cm³/mol. The van der Waals surface area contributed by atoms with Gasteiger partial charge in [-0.25, -0.2) is 4.79 Å². The summed E-state index contributed by atoms with van der Waals surface area (Å²) in [6.45, 7) is 5.59. The molecule has 0 radical (unpaired) electrons. The van der Waals surface area contributed by atoms with Crippen LogP contribution in [0.2, 0.25) is 5.02 Å². The number of aryl methyl sites for hydroxylation is 1. The van der Waals surface area contributed by atoms with Gasteiger partial charge in [-0.05, 0) is 49.8 Å². The SMILES string of the molecule is CCCCn1ncc(/C=C(\Cc2cc3c(cc2OC)CCO3)C(=O)OCC)c1-c1ccc(Cl)cc1OCOC. The fraction of sp³-hybridized carbons (Fsp3) is 0.400. The highest BCUT2D eigenvalue weighted by Gasteiger charge is 2.22. The van der Waals surface area contributed by atoms with Gasteiger partial charge in [-0.3, -0.25) is 4.68 Å². The van der Waals surface area contributed by atoms with E-state index in [9.17, 15) is 4.79 Å². The Hall–Kier alpha value is -3.49. The van der Waals surface area contributed by atoms with Crippen molar-refractivity contribution in [1.29, 1.82) is 0 Å². The molecule has 208 valence electrons. The lowest BCUT2D eigenvalue weighted by atomic mass is 9.98. The molecule has 0 amide bonds. The summed E-state index contributed by atoms with van der Waals surface area (Å²) in [4.78, 5) is 13.2. The van der Waals surface area contributed by atoms with Gasteiger partial charge in [0.05, 0.1) is 32.2 Å². The molecular weight excluding hydrogens is 520 g/mol. The molecule has 0 fully saturated rings. The highest BCUT2D eigenvalue weighted by Crippen LogP contribution is 2.37. The van der Waals surface area contributed by atoms with Crippen molar-refractivity contribution < 1.29 is 28.5 Å². The van der Waals surface area contributed by atoms with Crippen LogP contribution in [0.3, 0.4) is 0 Å². The zero-order valence-electron chi connectivity index (χ0n) is 22.9. The summed E-state index contributed by atoms with van der Waals surface area (Å²) in [5.74, 6) is 1.69. The first-order valence-corrected chi connectivity index (χ1v) is 13.5. The zero-order chi connectivity index (χ0) is 27.8. The van der Waals surface area contributed by atoms with Crippen molar-refractivity contribution >= 4 is 23.6 Å². The largest absolute Gasteiger partial charge is 0.496 e. The number of unbranched alkanes of at least 4 members (excludes halogenated alkanes) is 1. The first kappa shape index (κ1) is 28.5. The lowest BCUT2D eigenvalue weighted by Gasteiger charge is -2.15. The molecule has 1 aliphatic heterocycles. The standard InChI is InChI=1S/C30H35ClN2O6/c1-5-7-11-33-29(25-9-8-24(31)17-28(25)39-19-35-3)23(18-32-33)14-22(30(34)37-6-2)13-21-16-27-20(10-12-38-27)15-26(21)36-4/h8-9,14-18H,5-7,10-13,19H2,1-4H3/b22-14+. The summed E-state index contributed by atoms with van der Waals surface area (Å²) in [5.41, 5.74) is 4.78. The lowest BCUT2D eigenvalue weighted by Crippen LogP contribution is -2.11. The number of methoxy groups -OCH3 is 2. The molecule has 4 rings (SSSR count). The quantitative estimate of drug-likeness (QED) is 0.143. The number of rotatable bonds is 13. The average Bonchev–Trinajstić information content (AvgIpc) is 3.56. The van der Waals surface area contributed by atoms with E-state index < -0.39 is 5.97 Å². The Morgan fingerprint density at radius 1 is 1.18 bits per heavy atom. The molecule has 0 spiro atoms. The van der Waals surface area contributed by atoms with E-state index in [-0.39, 0.29) is 13.4 Å². The number of fused-ring (bicyclic) bond motifs is 1. The Bertz CT molecular complexity index is 1330. The zero-order valence-corrected chi connectivity index (χ0v) is 23.7. The van der Waals surface area contributed by atoms with Gasteiger partial charge in [0.25, 0.3) is 0 Å². The first-order valence-electron chi connectivity index (χ1n) is 13.2. The van der Waals surface area contributed by atoms with E-state index in [1.54, 1.807) is 33.4 Å². The van der Waals surface area contributed by atoms with Gasteiger partial charge in [-0.2, -0.15) is 5.10 Å². The second-order valence-electron chi connectivity index (χ2n) is 9.15. The van der Waals surface area contributed by atoms with E-state index in [2.05, 4.69) is 12.0 Å². The summed E-state index contributed by atoms with van der Waals surface area (Å²) < 4.78 is 29.9. The third kappa shape index (κ3) is 6.75. The number of aromatic nitrogens is 2. The topological polar surface area (TPSA) is 81.0 Å². The number of halogens is 1. The van der Waals surface area contributed by atoms with Crippen molar-refractivity contribution in [3.63, 3.8) is 0 Å². The van der Waals surface area contributed by atoms with Gasteiger partial charge < -0.3 is 23.7 Å². The molecule has 3 aromatic rings. The van der Waals surface area contributed by atoms with Crippen LogP contribution in [0, 0.1) is 0 Å². The Balaban J connectivity index is 1.83. The highest BCUT2D eigenvalue weighted by atomic mass is 35.5. The van der Waals surface area contributed by atoms with Crippen molar-refractivity contribution in [3.05, 3.63) is 63.8 Å². The van der Waals surface area contributed by atoms with Crippen LogP contribution in [-0.4, -0.2) is 50.0 Å². The minimum Gasteiger partial charge on any atom is -0.496 e. The molecule has 0 saturated heterocycles. The van der Waals surface area contributed by atoms with Crippen molar-refractivity contribution in [2.24, 2.45) is 0 Å². The molecule has 8 nitrogen and oxygen atoms in total. The van der Waals surface area contributed by atoms with Crippen molar-refractivity contribution in [2.45, 2.75) is 46.1 Å². The Labute approximate surface area is 234 Å². The third-order valence-corrected chi connectivity index (χ3v) is 6.70. The third-order valence-electron chi connectivity index (χ3n) is 6.46. The number of hydrogen-bond acceptors (Lipinski definition) is 7. The van der Waals surface area contributed by atoms with Gasteiger partial charge in [-0.1, -0.05) is 24.9 Å². The van der Waals surface area contributed by atoms with Crippen LogP contribution in [0.4, 0.5) is 0 Å². The molecule has 2 heterocycles. The van der Waals surface area contributed by atoms with Gasteiger partial charge in [-0.15, -0.1) is 0 Å². The number of carbonyl (C=O) groups excluding carboxylic acids is 1. The molecule has 39 heavy (non-hydrogen) atoms. The average molecular weight is 555 g/mol. The van der Waals surface area contributed by atoms with E-state index in [0.29, 0.717) is 41.7 Å². The molecule has 0 N–H and O–H groups in total. The molecule has 0 unspecified atom stereocenters. The number of benzene rings is 2. The van der Waals surface area contributed by atoms with E-state index in [0.717, 1.165) is 53.0 Å². The second kappa shape index (κ2) is 13.5. The predicted octanol–water partition coefficient (Wildman–Crippen LogP) is 6.12. The number of nitrogens with zero attached hydrogens (tertiary/aromatic N) is 2. The molecule has 0 aliphatic carbocycles. The van der Waals surface area contributed by atoms with Gasteiger partial charge in [0, 0.05) is 59.3 Å². The lowest BCUT2D eigenvalue weighted by molar-refractivity contribution is -0.138. The smallest absolute Gasteiger partial charge is 0.334 e. The fourth-order valence-electron chi connectivity index (χ4n) is 4.58. The number of ether oxygens (including phenoxy) is 5. The van der Waals surface area contributed by atoms with Crippen molar-refractivity contribution in [1.82, 2.24) is 9.78 Å². The molecule has 1 aromatic heterocycles. The Morgan fingerprint density at radius 2 is 2.03 bits per heavy atom. The van der Waals surface area contributed by atoms with Gasteiger partial charge >= 0.3 is 5.97 Å². The van der Waals surface area contributed by atoms with Crippen LogP contribution >= 0.6 is 11.6 Å². The minimum atomic E-state index is -0.403. The fourth-order valence-corrected chi connectivity index (χ4v) is 4.74. The van der Waals surface area contributed by atoms with Crippen LogP contribution in [0.15, 0.2) is 42.1 Å². The summed E-state index contributed by atoms with van der Waals surface area (Å²) in [5, 5.41) is 5.22. The molecule has 0 bridgehead atoms. The van der Waals surface area contributed by atoms with Gasteiger partial charge in [0.2, 0.25) is 0 Å². The Morgan fingerprint density at radius 3 is 2.77 bits per heavy atom. The molecule has 0 saturated carbocycles. The monoisotopic (exact) mass is 554 g/mol. The summed E-state index contributed by atoms with van der Waals surface area (Å²) in [7, 11) is 3.19. The number of esters is 1. The second-order valence-corrected chi connectivity index (χ2v) is 9.59. The highest BCUT2D eigenvalue weighted by molar-refractivity contribution is 6.30. The van der Waals surface area contributed by atoms with Crippen LogP contribution < -0.4 is 14.2 Å². The molecular formula is C30H35ClN2O6. The Kier molecular flexibility index (Phi) is 9.90. The summed E-state index contributed by atoms with van der Waals surface area (Å²) in [6.07, 6.45) is 6.68. The van der Waals surface area contributed by atoms with E-state index in [1.807, 2.05) is 35.0 Å². The van der Waals surface area contributed by atoms with Gasteiger partial charge in [0.15, 0.2) is 6.79 Å². The minimum absolute atomic E-state index is 0.0654. The van der Waals surface area contributed by atoms with E-state index >= 15 is 0 Å². The van der Waals surface area contributed by atoms with Crippen LogP contribution in [-0.2, 0) is 33.7 Å². The van der Waals surface area contributed by atoms with Crippen molar-refractivity contribution in [2.75, 3.05) is 34.2 Å². The molecule has 1 aliphatic rings. The van der Waals surface area contributed by atoms with E-state index in [1.165, 1.54) is 0 Å². The van der Waals surface area contributed by atoms with Crippen molar-refractivity contribution in [3.8, 4) is 28.5 Å². The van der Waals surface area contributed by atoms with Crippen LogP contribution in [0.1, 0.15) is 43.4 Å². The van der Waals surface area contributed by atoms with Crippen LogP contribution in [0.25, 0.3) is 17.3 Å². The summed E-state index contributed by atoms with van der Waals surface area (Å²) >= 11 is 6.30. The number of hydrogen-bond donors (Lipinski definition) is 0. The first-order chi connectivity index (χ1) is 19.0. The summed E-state index contributed by atoms with van der Waals surface area (Å²) in [6, 6.07) is 9.40. The molecule has 9 heteroatoms. The molecule has 0 atom stereocenters. The maximum absolute atomic E-state index is 13.2. The van der Waals surface area contributed by atoms with E-state index in [4.69, 9.17) is 35.3 Å². The maximum Gasteiger partial charge on any atom is 0.334 e. The molecule has 2 aromatic carbocycles. The normalized spacial score (nSPS) is 12.7.